The zero-order valence-electron chi connectivity index (χ0n) is 14.7. The number of rotatable bonds is 2. The maximum atomic E-state index is 2.67. The highest BCUT2D eigenvalue weighted by Crippen LogP contribution is 2.62. The van der Waals surface area contributed by atoms with E-state index < -0.39 is 0 Å². The number of benzene rings is 2. The van der Waals surface area contributed by atoms with Crippen molar-refractivity contribution in [3.8, 4) is 0 Å². The Bertz CT molecular complexity index is 873. The molecule has 1 spiro atoms. The van der Waals surface area contributed by atoms with Crippen molar-refractivity contribution in [3.05, 3.63) is 77.0 Å². The summed E-state index contributed by atoms with van der Waals surface area (Å²) in [4.78, 5) is 2.67. The van der Waals surface area contributed by atoms with E-state index in [0.29, 0.717) is 5.92 Å². The molecule has 2 unspecified atom stereocenters. The van der Waals surface area contributed by atoms with Crippen LogP contribution >= 0.6 is 0 Å². The number of nitrogens with zero attached hydrogens (tertiary/aromatic N) is 1. The molecule has 4 aliphatic rings. The Hall–Kier alpha value is -2.02. The van der Waals surface area contributed by atoms with E-state index in [-0.39, 0.29) is 5.41 Å². The molecule has 1 nitrogen and oxygen atoms in total. The van der Waals surface area contributed by atoms with Gasteiger partial charge in [-0.05, 0) is 53.0 Å². The summed E-state index contributed by atoms with van der Waals surface area (Å²) in [6.07, 6.45) is 9.55. The fraction of sp³-hybridized carbons (Fsp3) is 0.417. The molecule has 1 heterocycles. The Kier molecular flexibility index (Phi) is 2.84. The van der Waals surface area contributed by atoms with Crippen molar-refractivity contribution < 1.29 is 0 Å². The van der Waals surface area contributed by atoms with E-state index in [1.807, 2.05) is 0 Å². The summed E-state index contributed by atoms with van der Waals surface area (Å²) in [6.45, 7) is 2.46. The molecule has 0 N–H and O–H groups in total. The Balaban J connectivity index is 1.50. The lowest BCUT2D eigenvalue weighted by Crippen LogP contribution is -2.35. The molecule has 2 aromatic carbocycles. The summed E-state index contributed by atoms with van der Waals surface area (Å²) in [7, 11) is 0. The first-order chi connectivity index (χ1) is 12.4. The molecule has 0 radical (unpaired) electrons. The third kappa shape index (κ3) is 1.84. The lowest BCUT2D eigenvalue weighted by atomic mass is 9.68. The summed E-state index contributed by atoms with van der Waals surface area (Å²) in [5.41, 5.74) is 8.11. The quantitative estimate of drug-likeness (QED) is 0.721. The Morgan fingerprint density at radius 3 is 2.56 bits per heavy atom. The highest BCUT2D eigenvalue weighted by Gasteiger charge is 2.54. The summed E-state index contributed by atoms with van der Waals surface area (Å²) < 4.78 is 0. The van der Waals surface area contributed by atoms with Crippen LogP contribution in [0.25, 0.3) is 5.57 Å². The van der Waals surface area contributed by atoms with Crippen molar-refractivity contribution in [1.29, 1.82) is 0 Å². The summed E-state index contributed by atoms with van der Waals surface area (Å²) >= 11 is 0. The van der Waals surface area contributed by atoms with E-state index in [4.69, 9.17) is 0 Å². The van der Waals surface area contributed by atoms with Gasteiger partial charge in [-0.25, -0.2) is 0 Å². The number of hydrogen-bond donors (Lipinski definition) is 0. The predicted molar refractivity (Wildman–Crippen MR) is 103 cm³/mol. The highest BCUT2D eigenvalue weighted by molar-refractivity contribution is 5.85. The van der Waals surface area contributed by atoms with Crippen molar-refractivity contribution in [1.82, 2.24) is 4.90 Å². The zero-order valence-corrected chi connectivity index (χ0v) is 14.7. The largest absolute Gasteiger partial charge is 0.376 e. The molecule has 126 valence electrons. The van der Waals surface area contributed by atoms with Gasteiger partial charge >= 0.3 is 0 Å². The zero-order chi connectivity index (χ0) is 16.4. The fourth-order valence-electron chi connectivity index (χ4n) is 6.29. The lowest BCUT2D eigenvalue weighted by molar-refractivity contribution is 0.289. The third-order valence-electron chi connectivity index (χ3n) is 7.30. The maximum Gasteiger partial charge on any atom is 0.0409 e. The molecule has 2 atom stereocenters. The van der Waals surface area contributed by atoms with Gasteiger partial charge in [0.15, 0.2) is 0 Å². The van der Waals surface area contributed by atoms with Gasteiger partial charge in [-0.15, -0.1) is 0 Å². The Morgan fingerprint density at radius 2 is 1.68 bits per heavy atom. The van der Waals surface area contributed by atoms with Crippen molar-refractivity contribution in [3.63, 3.8) is 0 Å². The molecule has 1 aliphatic heterocycles. The van der Waals surface area contributed by atoms with Crippen LogP contribution in [0.15, 0.2) is 54.7 Å². The van der Waals surface area contributed by atoms with Crippen LogP contribution in [-0.2, 0) is 5.41 Å². The van der Waals surface area contributed by atoms with Crippen molar-refractivity contribution in [2.45, 2.75) is 43.4 Å². The molecule has 3 aliphatic carbocycles. The van der Waals surface area contributed by atoms with Gasteiger partial charge in [0.2, 0.25) is 0 Å². The molecule has 6 rings (SSSR count). The third-order valence-corrected chi connectivity index (χ3v) is 7.30. The van der Waals surface area contributed by atoms with Crippen LogP contribution in [0, 0.1) is 5.92 Å². The van der Waals surface area contributed by atoms with Crippen molar-refractivity contribution >= 4 is 5.57 Å². The van der Waals surface area contributed by atoms with Gasteiger partial charge in [-0.3, -0.25) is 0 Å². The van der Waals surface area contributed by atoms with Gasteiger partial charge in [-0.2, -0.15) is 0 Å². The first-order valence-corrected chi connectivity index (χ1v) is 10.0. The molecular formula is C24H25N. The topological polar surface area (TPSA) is 3.24 Å². The summed E-state index contributed by atoms with van der Waals surface area (Å²) in [5, 5.41) is 0. The molecule has 25 heavy (non-hydrogen) atoms. The molecule has 1 fully saturated rings. The fourth-order valence-corrected chi connectivity index (χ4v) is 6.29. The average molecular weight is 327 g/mol. The molecule has 0 aromatic heterocycles. The van der Waals surface area contributed by atoms with Gasteiger partial charge < -0.3 is 4.90 Å². The van der Waals surface area contributed by atoms with Crippen molar-refractivity contribution in [2.24, 2.45) is 5.92 Å². The second kappa shape index (κ2) is 5.00. The van der Waals surface area contributed by atoms with E-state index in [9.17, 15) is 0 Å². The Labute approximate surface area is 150 Å². The standard InChI is InChI=1S/C24H25N/c1-2-8-17(7-1)14-25-15-23-19-10-4-3-9-18(19)21-13-24(23,16-25)22-12-6-5-11-20(21)22/h3-6,9-12,15,17,21H,1-2,7-8,13-14,16H2. The first-order valence-electron chi connectivity index (χ1n) is 10.0. The maximum absolute atomic E-state index is 2.67. The normalized spacial score (nSPS) is 29.4. The highest BCUT2D eigenvalue weighted by atomic mass is 15.1. The van der Waals surface area contributed by atoms with Crippen molar-refractivity contribution in [2.75, 3.05) is 13.1 Å². The summed E-state index contributed by atoms with van der Waals surface area (Å²) in [6, 6.07) is 18.5. The molecule has 2 aromatic rings. The molecule has 2 bridgehead atoms. The monoisotopic (exact) mass is 327 g/mol. The Morgan fingerprint density at radius 1 is 0.920 bits per heavy atom. The van der Waals surface area contributed by atoms with Crippen LogP contribution < -0.4 is 0 Å². The van der Waals surface area contributed by atoms with Crippen LogP contribution in [0.2, 0.25) is 0 Å². The van der Waals surface area contributed by atoms with Crippen LogP contribution in [0.3, 0.4) is 0 Å². The van der Waals surface area contributed by atoms with Crippen LogP contribution in [0.4, 0.5) is 0 Å². The van der Waals surface area contributed by atoms with Crippen LogP contribution in [0.1, 0.15) is 60.3 Å². The molecule has 0 saturated heterocycles. The number of fused-ring (bicyclic) bond motifs is 3. The minimum Gasteiger partial charge on any atom is -0.376 e. The van der Waals surface area contributed by atoms with E-state index in [1.54, 1.807) is 22.3 Å². The molecule has 1 heteroatoms. The second-order valence-corrected chi connectivity index (χ2v) is 8.64. The van der Waals surface area contributed by atoms with Gasteiger partial charge in [-0.1, -0.05) is 61.4 Å². The molecule has 1 saturated carbocycles. The SMILES string of the molecule is C1=C2c3ccccc3C3CC2(CN1CC1CCCC1)c1ccccc13. The van der Waals surface area contributed by atoms with E-state index in [0.717, 1.165) is 5.92 Å². The minimum absolute atomic E-state index is 0.244. The van der Waals surface area contributed by atoms with Gasteiger partial charge in [0.05, 0.1) is 0 Å². The van der Waals surface area contributed by atoms with Crippen LogP contribution in [0.5, 0.6) is 0 Å². The minimum atomic E-state index is 0.244. The predicted octanol–water partition coefficient (Wildman–Crippen LogP) is 5.32. The smallest absolute Gasteiger partial charge is 0.0409 e. The summed E-state index contributed by atoms with van der Waals surface area (Å²) in [5.74, 6) is 1.51. The van der Waals surface area contributed by atoms with E-state index in [1.165, 1.54) is 50.8 Å². The van der Waals surface area contributed by atoms with Gasteiger partial charge in [0.25, 0.3) is 0 Å². The van der Waals surface area contributed by atoms with E-state index >= 15 is 0 Å². The number of hydrogen-bond acceptors (Lipinski definition) is 1. The van der Waals surface area contributed by atoms with Gasteiger partial charge in [0.1, 0.15) is 0 Å². The molecular weight excluding hydrogens is 302 g/mol. The molecule has 0 amide bonds. The van der Waals surface area contributed by atoms with Gasteiger partial charge in [0, 0.05) is 30.6 Å². The van der Waals surface area contributed by atoms with E-state index in [2.05, 4.69) is 59.6 Å². The van der Waals surface area contributed by atoms with Crippen LogP contribution in [-0.4, -0.2) is 18.0 Å². The lowest BCUT2D eigenvalue weighted by Gasteiger charge is -2.35. The average Bonchev–Trinajstić information content (AvgIpc) is 3.35. The first kappa shape index (κ1) is 14.2. The second-order valence-electron chi connectivity index (χ2n) is 8.64.